The van der Waals surface area contributed by atoms with Gasteiger partial charge in [-0.15, -0.1) is 0 Å². The van der Waals surface area contributed by atoms with E-state index in [0.29, 0.717) is 0 Å². The van der Waals surface area contributed by atoms with Gasteiger partial charge < -0.3 is 9.90 Å². The molecule has 0 aliphatic heterocycles. The Labute approximate surface area is 100.0 Å². The fourth-order valence-corrected chi connectivity index (χ4v) is 1.66. The molecule has 0 fully saturated rings. The fourth-order valence-electron chi connectivity index (χ4n) is 1.66. The van der Waals surface area contributed by atoms with Gasteiger partial charge in [0.1, 0.15) is 5.97 Å². The third kappa shape index (κ3) is 2.50. The second-order valence-corrected chi connectivity index (χ2v) is 3.90. The highest BCUT2D eigenvalue weighted by molar-refractivity contribution is 5.67. The summed E-state index contributed by atoms with van der Waals surface area (Å²) in [6, 6.07) is 13.0. The monoisotopic (exact) mass is 227 g/mol. The summed E-state index contributed by atoms with van der Waals surface area (Å²) in [5.74, 6) is -1.08. The van der Waals surface area contributed by atoms with Crippen molar-refractivity contribution in [2.45, 2.75) is 13.0 Å². The summed E-state index contributed by atoms with van der Waals surface area (Å²) >= 11 is 0. The van der Waals surface area contributed by atoms with Crippen molar-refractivity contribution in [3.05, 3.63) is 54.9 Å². The summed E-state index contributed by atoms with van der Waals surface area (Å²) in [6.45, 7) is 1.60. The molecule has 0 aliphatic rings. The molecular formula is C14H13NO2. The summed E-state index contributed by atoms with van der Waals surface area (Å²) < 4.78 is 1.64. The molecule has 0 N–H and O–H groups in total. The van der Waals surface area contributed by atoms with Crippen LogP contribution in [0.4, 0.5) is 0 Å². The molecule has 1 heterocycles. The highest BCUT2D eigenvalue weighted by Crippen LogP contribution is 2.16. The van der Waals surface area contributed by atoms with Crippen molar-refractivity contribution in [2.24, 2.45) is 0 Å². The molecular weight excluding hydrogens is 214 g/mol. The lowest BCUT2D eigenvalue weighted by molar-refractivity contribution is -0.712. The van der Waals surface area contributed by atoms with Gasteiger partial charge in [-0.3, -0.25) is 0 Å². The molecule has 86 valence electrons. The van der Waals surface area contributed by atoms with Gasteiger partial charge >= 0.3 is 0 Å². The van der Waals surface area contributed by atoms with E-state index in [4.69, 9.17) is 0 Å². The van der Waals surface area contributed by atoms with Gasteiger partial charge in [0.15, 0.2) is 18.4 Å². The number of hydrogen-bond acceptors (Lipinski definition) is 2. The number of carbonyl (C=O) groups excluding carboxylic acids is 1. The zero-order valence-corrected chi connectivity index (χ0v) is 9.54. The van der Waals surface area contributed by atoms with Gasteiger partial charge in [-0.25, -0.2) is 0 Å². The molecule has 17 heavy (non-hydrogen) atoms. The van der Waals surface area contributed by atoms with Crippen LogP contribution in [0.1, 0.15) is 13.0 Å². The van der Waals surface area contributed by atoms with Gasteiger partial charge in [-0.2, -0.15) is 4.57 Å². The van der Waals surface area contributed by atoms with Crippen LogP contribution in [0.25, 0.3) is 11.1 Å². The Morgan fingerprint density at radius 3 is 2.41 bits per heavy atom. The SMILES string of the molecule is C[C@H](C(=O)[O-])[n+]1cccc(-c2ccccc2)c1. The molecule has 2 aromatic rings. The average molecular weight is 227 g/mol. The first-order valence-corrected chi connectivity index (χ1v) is 5.45. The number of aliphatic carboxylic acids is 1. The molecule has 0 amide bonds. The predicted molar refractivity (Wildman–Crippen MR) is 61.8 cm³/mol. The third-order valence-electron chi connectivity index (χ3n) is 2.72. The first-order chi connectivity index (χ1) is 8.18. The van der Waals surface area contributed by atoms with E-state index in [-0.39, 0.29) is 0 Å². The third-order valence-corrected chi connectivity index (χ3v) is 2.72. The van der Waals surface area contributed by atoms with Crippen LogP contribution < -0.4 is 9.67 Å². The van der Waals surface area contributed by atoms with Crippen molar-refractivity contribution in [2.75, 3.05) is 0 Å². The van der Waals surface area contributed by atoms with Crippen LogP contribution in [0.2, 0.25) is 0 Å². The van der Waals surface area contributed by atoms with Crippen molar-refractivity contribution >= 4 is 5.97 Å². The van der Waals surface area contributed by atoms with Gasteiger partial charge in [0.25, 0.3) is 0 Å². The van der Waals surface area contributed by atoms with Gasteiger partial charge in [0.2, 0.25) is 0 Å². The second kappa shape index (κ2) is 4.78. The number of pyridine rings is 1. The lowest BCUT2D eigenvalue weighted by Crippen LogP contribution is -2.47. The number of benzene rings is 1. The summed E-state index contributed by atoms with van der Waals surface area (Å²) in [6.07, 6.45) is 3.54. The van der Waals surface area contributed by atoms with Crippen molar-refractivity contribution in [3.8, 4) is 11.1 Å². The molecule has 0 unspecified atom stereocenters. The smallest absolute Gasteiger partial charge is 0.194 e. The zero-order valence-electron chi connectivity index (χ0n) is 9.54. The lowest BCUT2D eigenvalue weighted by atomic mass is 10.1. The number of rotatable bonds is 3. The number of aromatic nitrogens is 1. The Kier molecular flexibility index (Phi) is 3.19. The maximum Gasteiger partial charge on any atom is 0.194 e. The van der Waals surface area contributed by atoms with Crippen LogP contribution >= 0.6 is 0 Å². The maximum atomic E-state index is 10.8. The van der Waals surface area contributed by atoms with Gasteiger partial charge in [0, 0.05) is 18.6 Å². The molecule has 0 radical (unpaired) electrons. The minimum Gasteiger partial charge on any atom is -0.543 e. The van der Waals surface area contributed by atoms with Crippen LogP contribution in [-0.4, -0.2) is 5.97 Å². The molecule has 3 nitrogen and oxygen atoms in total. The predicted octanol–water partition coefficient (Wildman–Crippen LogP) is 0.952. The standard InChI is InChI=1S/C14H13NO2/c1-11(14(16)17)15-9-5-8-13(10-15)12-6-3-2-4-7-12/h2-11H,1H3/t11-/m1/s1. The molecule has 0 spiro atoms. The molecule has 0 bridgehead atoms. The molecule has 1 aromatic carbocycles. The van der Waals surface area contributed by atoms with Crippen LogP contribution in [-0.2, 0) is 4.79 Å². The molecule has 0 saturated heterocycles. The van der Waals surface area contributed by atoms with E-state index < -0.39 is 12.0 Å². The lowest BCUT2D eigenvalue weighted by Gasteiger charge is -2.08. The normalized spacial score (nSPS) is 12.1. The van der Waals surface area contributed by atoms with E-state index in [1.54, 1.807) is 17.7 Å². The number of hydrogen-bond donors (Lipinski definition) is 0. The van der Waals surface area contributed by atoms with Crippen LogP contribution in [0, 0.1) is 0 Å². The first kappa shape index (κ1) is 11.3. The molecule has 1 aromatic heterocycles. The Morgan fingerprint density at radius 2 is 1.76 bits per heavy atom. The van der Waals surface area contributed by atoms with Crippen molar-refractivity contribution in [3.63, 3.8) is 0 Å². The van der Waals surface area contributed by atoms with E-state index in [0.717, 1.165) is 11.1 Å². The van der Waals surface area contributed by atoms with Crippen LogP contribution in [0.15, 0.2) is 54.9 Å². The summed E-state index contributed by atoms with van der Waals surface area (Å²) in [5, 5.41) is 10.8. The minimum absolute atomic E-state index is 0.668. The Balaban J connectivity index is 2.39. The Hall–Kier alpha value is -2.16. The highest BCUT2D eigenvalue weighted by atomic mass is 16.4. The summed E-state index contributed by atoms with van der Waals surface area (Å²) in [7, 11) is 0. The molecule has 2 rings (SSSR count). The first-order valence-electron chi connectivity index (χ1n) is 5.45. The van der Waals surface area contributed by atoms with Crippen LogP contribution in [0.3, 0.4) is 0 Å². The van der Waals surface area contributed by atoms with Gasteiger partial charge in [-0.1, -0.05) is 30.3 Å². The molecule has 0 saturated carbocycles. The summed E-state index contributed by atoms with van der Waals surface area (Å²) in [4.78, 5) is 10.8. The van der Waals surface area contributed by atoms with E-state index >= 15 is 0 Å². The van der Waals surface area contributed by atoms with Crippen molar-refractivity contribution in [1.82, 2.24) is 0 Å². The highest BCUT2D eigenvalue weighted by Gasteiger charge is 2.13. The van der Waals surface area contributed by atoms with E-state index in [2.05, 4.69) is 0 Å². The molecule has 0 aliphatic carbocycles. The number of carboxylic acid groups (broad SMARTS) is 1. The van der Waals surface area contributed by atoms with Gasteiger partial charge in [0.05, 0.1) is 0 Å². The van der Waals surface area contributed by atoms with E-state index in [1.807, 2.05) is 48.7 Å². The molecule has 3 heteroatoms. The quantitative estimate of drug-likeness (QED) is 0.733. The summed E-state index contributed by atoms with van der Waals surface area (Å²) in [5.41, 5.74) is 2.05. The van der Waals surface area contributed by atoms with E-state index in [9.17, 15) is 9.90 Å². The largest absolute Gasteiger partial charge is 0.543 e. The Bertz CT molecular complexity index is 523. The Morgan fingerprint density at radius 1 is 1.12 bits per heavy atom. The van der Waals surface area contributed by atoms with E-state index in [1.165, 1.54) is 0 Å². The van der Waals surface area contributed by atoms with Crippen molar-refractivity contribution < 1.29 is 14.5 Å². The average Bonchev–Trinajstić information content (AvgIpc) is 2.39. The number of nitrogens with zero attached hydrogens (tertiary/aromatic N) is 1. The van der Waals surface area contributed by atoms with Crippen molar-refractivity contribution in [1.29, 1.82) is 0 Å². The van der Waals surface area contributed by atoms with Gasteiger partial charge in [-0.05, 0) is 11.6 Å². The fraction of sp³-hybridized carbons (Fsp3) is 0.143. The maximum absolute atomic E-state index is 10.8. The number of carbonyl (C=O) groups is 1. The second-order valence-electron chi connectivity index (χ2n) is 3.90. The minimum atomic E-state index is -1.08. The zero-order chi connectivity index (χ0) is 12.3. The molecule has 1 atom stereocenters. The van der Waals surface area contributed by atoms with Crippen LogP contribution in [0.5, 0.6) is 0 Å². The topological polar surface area (TPSA) is 44.0 Å². The number of carboxylic acids is 1.